The number of rotatable bonds is 2. The van der Waals surface area contributed by atoms with E-state index in [-0.39, 0.29) is 6.61 Å². The van der Waals surface area contributed by atoms with Gasteiger partial charge < -0.3 is 14.4 Å². The first kappa shape index (κ1) is 13.5. The van der Waals surface area contributed by atoms with Crippen molar-refractivity contribution < 1.29 is 14.4 Å². The molecule has 0 atom stereocenters. The Bertz CT molecular complexity index is 444. The van der Waals surface area contributed by atoms with Gasteiger partial charge in [0.25, 0.3) is 0 Å². The standard InChI is InChI=1S/C13H20BNO3/c1-9-6-7-10(8-16)11(15-9)14-17-12(2,3)13(4,5)18-14/h6-7,16H,8H2,1-5H3. The van der Waals surface area contributed by atoms with Crippen LogP contribution in [0.3, 0.4) is 0 Å². The normalized spacial score (nSPS) is 21.3. The molecule has 2 heterocycles. The Morgan fingerprint density at radius 3 is 2.22 bits per heavy atom. The molecule has 98 valence electrons. The van der Waals surface area contributed by atoms with Gasteiger partial charge in [-0.15, -0.1) is 0 Å². The highest BCUT2D eigenvalue weighted by Crippen LogP contribution is 2.36. The third kappa shape index (κ3) is 2.18. The zero-order chi connectivity index (χ0) is 13.6. The van der Waals surface area contributed by atoms with E-state index in [9.17, 15) is 5.11 Å². The topological polar surface area (TPSA) is 51.6 Å². The number of pyridine rings is 1. The maximum Gasteiger partial charge on any atom is 0.514 e. The molecule has 0 bridgehead atoms. The fraction of sp³-hybridized carbons (Fsp3) is 0.615. The highest BCUT2D eigenvalue weighted by molar-refractivity contribution is 6.61. The first-order chi connectivity index (χ1) is 8.27. The number of aromatic nitrogens is 1. The van der Waals surface area contributed by atoms with Crippen molar-refractivity contribution in [2.75, 3.05) is 0 Å². The highest BCUT2D eigenvalue weighted by atomic mass is 16.7. The summed E-state index contributed by atoms with van der Waals surface area (Å²) in [4.78, 5) is 4.45. The first-order valence-electron chi connectivity index (χ1n) is 6.20. The molecule has 0 spiro atoms. The van der Waals surface area contributed by atoms with Crippen molar-refractivity contribution in [2.45, 2.75) is 52.4 Å². The average Bonchev–Trinajstić information content (AvgIpc) is 2.48. The minimum atomic E-state index is -0.517. The highest BCUT2D eigenvalue weighted by Gasteiger charge is 2.52. The van der Waals surface area contributed by atoms with Gasteiger partial charge >= 0.3 is 7.12 Å². The van der Waals surface area contributed by atoms with Crippen LogP contribution in [0.4, 0.5) is 0 Å². The predicted octanol–water partition coefficient (Wildman–Crippen LogP) is 1.18. The summed E-state index contributed by atoms with van der Waals surface area (Å²) in [5, 5.41) is 9.38. The molecule has 0 radical (unpaired) electrons. The van der Waals surface area contributed by atoms with E-state index in [4.69, 9.17) is 9.31 Å². The van der Waals surface area contributed by atoms with Gasteiger partial charge in [-0.2, -0.15) is 0 Å². The zero-order valence-electron chi connectivity index (χ0n) is 11.7. The molecule has 0 unspecified atom stereocenters. The van der Waals surface area contributed by atoms with E-state index in [0.29, 0.717) is 5.59 Å². The van der Waals surface area contributed by atoms with Gasteiger partial charge in [0.05, 0.1) is 23.4 Å². The maximum atomic E-state index is 9.38. The van der Waals surface area contributed by atoms with E-state index >= 15 is 0 Å². The molecule has 0 amide bonds. The van der Waals surface area contributed by atoms with Crippen molar-refractivity contribution in [3.05, 3.63) is 23.4 Å². The van der Waals surface area contributed by atoms with Gasteiger partial charge in [0.2, 0.25) is 0 Å². The van der Waals surface area contributed by atoms with Crippen molar-refractivity contribution in [1.29, 1.82) is 0 Å². The van der Waals surface area contributed by atoms with Crippen molar-refractivity contribution >= 4 is 12.7 Å². The lowest BCUT2D eigenvalue weighted by Crippen LogP contribution is -2.41. The largest absolute Gasteiger partial charge is 0.514 e. The molecular formula is C13H20BNO3. The second kappa shape index (κ2) is 4.33. The summed E-state index contributed by atoms with van der Waals surface area (Å²) in [6, 6.07) is 3.74. The molecule has 1 aliphatic heterocycles. The molecule has 1 N–H and O–H groups in total. The fourth-order valence-corrected chi connectivity index (χ4v) is 1.90. The molecule has 1 aromatic rings. The van der Waals surface area contributed by atoms with E-state index in [2.05, 4.69) is 4.98 Å². The van der Waals surface area contributed by atoms with Gasteiger partial charge in [0.15, 0.2) is 0 Å². The summed E-state index contributed by atoms with van der Waals surface area (Å²) in [5.41, 5.74) is 1.53. The molecule has 4 nitrogen and oxygen atoms in total. The number of aliphatic hydroxyl groups excluding tert-OH is 1. The Balaban J connectivity index is 2.37. The summed E-state index contributed by atoms with van der Waals surface area (Å²) in [6.07, 6.45) is 0. The van der Waals surface area contributed by atoms with Crippen molar-refractivity contribution in [3.8, 4) is 0 Å². The monoisotopic (exact) mass is 249 g/mol. The van der Waals surface area contributed by atoms with E-state index in [0.717, 1.165) is 11.3 Å². The van der Waals surface area contributed by atoms with E-state index < -0.39 is 18.3 Å². The van der Waals surface area contributed by atoms with Crippen molar-refractivity contribution in [2.24, 2.45) is 0 Å². The first-order valence-corrected chi connectivity index (χ1v) is 6.20. The average molecular weight is 249 g/mol. The van der Waals surface area contributed by atoms with Crippen LogP contribution in [-0.2, 0) is 15.9 Å². The summed E-state index contributed by atoms with van der Waals surface area (Å²) >= 11 is 0. The third-order valence-corrected chi connectivity index (χ3v) is 3.80. The maximum absolute atomic E-state index is 9.38. The summed E-state index contributed by atoms with van der Waals surface area (Å²) in [6.45, 7) is 9.86. The number of nitrogens with zero attached hydrogens (tertiary/aromatic N) is 1. The Labute approximate surface area is 108 Å². The molecule has 5 heteroatoms. The van der Waals surface area contributed by atoms with Crippen LogP contribution in [-0.4, -0.2) is 28.4 Å². The lowest BCUT2D eigenvalue weighted by Gasteiger charge is -2.32. The van der Waals surface area contributed by atoms with Crippen molar-refractivity contribution in [1.82, 2.24) is 4.98 Å². The van der Waals surface area contributed by atoms with Gasteiger partial charge in [-0.3, -0.25) is 4.98 Å². The van der Waals surface area contributed by atoms with E-state index in [1.54, 1.807) is 0 Å². The lowest BCUT2D eigenvalue weighted by molar-refractivity contribution is 0.00578. The number of aliphatic hydroxyl groups is 1. The Morgan fingerprint density at radius 1 is 1.17 bits per heavy atom. The van der Waals surface area contributed by atoms with E-state index in [1.165, 1.54) is 0 Å². The zero-order valence-corrected chi connectivity index (χ0v) is 11.7. The number of hydrogen-bond acceptors (Lipinski definition) is 4. The van der Waals surface area contributed by atoms with Crippen LogP contribution >= 0.6 is 0 Å². The van der Waals surface area contributed by atoms with Gasteiger partial charge in [0, 0.05) is 5.69 Å². The second-order valence-electron chi connectivity index (χ2n) is 5.74. The number of hydrogen-bond donors (Lipinski definition) is 1. The molecule has 2 rings (SSSR count). The Morgan fingerprint density at radius 2 is 1.72 bits per heavy atom. The molecule has 1 fully saturated rings. The van der Waals surface area contributed by atoms with Crippen LogP contribution in [0, 0.1) is 6.92 Å². The molecule has 18 heavy (non-hydrogen) atoms. The third-order valence-electron chi connectivity index (χ3n) is 3.80. The molecule has 1 saturated heterocycles. The van der Waals surface area contributed by atoms with Gasteiger partial charge in [0.1, 0.15) is 0 Å². The summed E-state index contributed by atoms with van der Waals surface area (Å²) < 4.78 is 11.9. The molecular weight excluding hydrogens is 229 g/mol. The van der Waals surface area contributed by atoms with Gasteiger partial charge in [-0.05, 0) is 46.2 Å². The molecule has 0 saturated carbocycles. The summed E-state index contributed by atoms with van der Waals surface area (Å²) in [7, 11) is -0.517. The fourth-order valence-electron chi connectivity index (χ4n) is 1.90. The minimum Gasteiger partial charge on any atom is -0.398 e. The second-order valence-corrected chi connectivity index (χ2v) is 5.74. The SMILES string of the molecule is Cc1ccc(CO)c(B2OC(C)(C)C(C)(C)O2)n1. The van der Waals surface area contributed by atoms with Crippen LogP contribution in [0.1, 0.15) is 39.0 Å². The quantitative estimate of drug-likeness (QED) is 0.799. The van der Waals surface area contributed by atoms with Crippen LogP contribution in [0.25, 0.3) is 0 Å². The van der Waals surface area contributed by atoms with Crippen molar-refractivity contribution in [3.63, 3.8) is 0 Å². The number of aryl methyl sites for hydroxylation is 1. The molecule has 1 aromatic heterocycles. The van der Waals surface area contributed by atoms with Crippen LogP contribution in [0.2, 0.25) is 0 Å². The Hall–Kier alpha value is -0.905. The lowest BCUT2D eigenvalue weighted by atomic mass is 9.81. The minimum absolute atomic E-state index is 0.0628. The Kier molecular flexibility index (Phi) is 3.26. The van der Waals surface area contributed by atoms with Gasteiger partial charge in [-0.25, -0.2) is 0 Å². The van der Waals surface area contributed by atoms with Crippen LogP contribution in [0.5, 0.6) is 0 Å². The van der Waals surface area contributed by atoms with Crippen LogP contribution < -0.4 is 5.59 Å². The molecule has 0 aliphatic carbocycles. The molecule has 0 aromatic carbocycles. The van der Waals surface area contributed by atoms with Gasteiger partial charge in [-0.1, -0.05) is 6.07 Å². The molecule has 1 aliphatic rings. The smallest absolute Gasteiger partial charge is 0.398 e. The van der Waals surface area contributed by atoms with E-state index in [1.807, 2.05) is 46.8 Å². The summed E-state index contributed by atoms with van der Waals surface area (Å²) in [5.74, 6) is 0. The van der Waals surface area contributed by atoms with Crippen LogP contribution in [0.15, 0.2) is 12.1 Å². The predicted molar refractivity (Wildman–Crippen MR) is 70.6 cm³/mol.